The Balaban J connectivity index is 0.00000261. The summed E-state index contributed by atoms with van der Waals surface area (Å²) in [7, 11) is 0. The van der Waals surface area contributed by atoms with E-state index in [0.29, 0.717) is 0 Å². The number of rotatable bonds is 5. The maximum atomic E-state index is 12.3. The molecule has 0 fully saturated rings. The molecule has 27 heavy (non-hydrogen) atoms. The summed E-state index contributed by atoms with van der Waals surface area (Å²) in [5.41, 5.74) is 7.74. The van der Waals surface area contributed by atoms with Gasteiger partial charge in [0, 0.05) is 0 Å². The zero-order chi connectivity index (χ0) is 18.5. The number of benzene rings is 3. The van der Waals surface area contributed by atoms with Gasteiger partial charge in [-0.1, -0.05) is 103 Å². The van der Waals surface area contributed by atoms with E-state index in [1.54, 1.807) is 0 Å². The third-order valence-corrected chi connectivity index (χ3v) is 4.79. The third kappa shape index (κ3) is 5.66. The van der Waals surface area contributed by atoms with Gasteiger partial charge in [-0.2, -0.15) is 0 Å². The topological polar surface area (TPSA) is 23.1 Å². The monoisotopic (exact) mass is 380 g/mol. The van der Waals surface area contributed by atoms with Crippen LogP contribution in [0.15, 0.2) is 60.7 Å². The normalized spacial score (nSPS) is 10.8. The molecule has 0 N–H and O–H groups in total. The van der Waals surface area contributed by atoms with E-state index in [9.17, 15) is 5.11 Å². The van der Waals surface area contributed by atoms with Crippen LogP contribution in [0.5, 0.6) is 5.75 Å². The first-order chi connectivity index (χ1) is 12.6. The maximum absolute atomic E-state index is 12.3. The van der Waals surface area contributed by atoms with Gasteiger partial charge in [-0.3, -0.25) is 0 Å². The Kier molecular flexibility index (Phi) is 8.52. The second-order valence-electron chi connectivity index (χ2n) is 6.70. The Morgan fingerprint density at radius 2 is 1.15 bits per heavy atom. The van der Waals surface area contributed by atoms with Crippen molar-refractivity contribution in [3.05, 3.63) is 88.5 Å². The van der Waals surface area contributed by atoms with Gasteiger partial charge in [0.2, 0.25) is 0 Å². The van der Waals surface area contributed by atoms with E-state index in [-0.39, 0.29) is 57.1 Å². The first-order valence-electron chi connectivity index (χ1n) is 9.28. The first-order valence-corrected chi connectivity index (χ1v) is 9.28. The van der Waals surface area contributed by atoms with Crippen LogP contribution in [0.25, 0.3) is 23.3 Å². The number of hydrogen-bond acceptors (Lipinski definition) is 1. The molecule has 0 spiro atoms. The molecule has 132 valence electrons. The Hall–Kier alpha value is -1.16. The molecule has 3 aromatic carbocycles. The molecule has 0 aliphatic carbocycles. The van der Waals surface area contributed by atoms with Gasteiger partial charge >= 0.3 is 51.4 Å². The molecule has 0 bridgehead atoms. The van der Waals surface area contributed by atoms with E-state index < -0.39 is 0 Å². The summed E-state index contributed by atoms with van der Waals surface area (Å²) in [6.45, 7) is 6.18. The van der Waals surface area contributed by atoms with Crippen molar-refractivity contribution in [1.82, 2.24) is 0 Å². The van der Waals surface area contributed by atoms with E-state index in [2.05, 4.69) is 67.6 Å². The van der Waals surface area contributed by atoms with Gasteiger partial charge < -0.3 is 5.11 Å². The summed E-state index contributed by atoms with van der Waals surface area (Å²) in [4.78, 5) is 0. The fourth-order valence-corrected chi connectivity index (χ4v) is 3.10. The number of aryl methyl sites for hydroxylation is 3. The summed E-state index contributed by atoms with van der Waals surface area (Å²) in [5.74, 6) is 0.205. The van der Waals surface area contributed by atoms with Gasteiger partial charge in [-0.15, -0.1) is 5.75 Å². The van der Waals surface area contributed by atoms with Crippen LogP contribution in [0.4, 0.5) is 0 Å². The zero-order valence-corrected chi connectivity index (χ0v) is 19.9. The Bertz CT molecular complexity index is 881. The van der Waals surface area contributed by atoms with E-state index in [0.717, 1.165) is 35.1 Å². The number of hydrogen-bond donors (Lipinski definition) is 0. The van der Waals surface area contributed by atoms with Crippen molar-refractivity contribution in [2.45, 2.75) is 33.6 Å². The van der Waals surface area contributed by atoms with Crippen molar-refractivity contribution >= 4 is 12.2 Å². The van der Waals surface area contributed by atoms with E-state index in [4.69, 9.17) is 0 Å². The molecule has 0 radical (unpaired) electrons. The van der Waals surface area contributed by atoms with Crippen LogP contribution in [0.3, 0.4) is 0 Å². The minimum absolute atomic E-state index is 0. The standard InChI is InChI=1S/C25H26O.K/c1-4-21-16-24(17-22(5-2)25(21)26)23-14-12-20(13-15-23)11-10-19-8-6-18(3)7-9-19;/h6-17,26H,4-5H2,1-3H3;/q;+1/p-1/b11-10+;. The molecule has 0 aliphatic rings. The van der Waals surface area contributed by atoms with E-state index in [1.807, 2.05) is 26.0 Å². The molecular weight excluding hydrogens is 355 g/mol. The summed E-state index contributed by atoms with van der Waals surface area (Å²) >= 11 is 0. The molecule has 2 heteroatoms. The molecule has 0 heterocycles. The third-order valence-electron chi connectivity index (χ3n) is 4.79. The molecule has 3 aromatic rings. The molecule has 0 atom stereocenters. The van der Waals surface area contributed by atoms with Crippen LogP contribution < -0.4 is 56.5 Å². The van der Waals surface area contributed by atoms with Crippen LogP contribution in [-0.2, 0) is 12.8 Å². The molecule has 0 saturated heterocycles. The second kappa shape index (κ2) is 10.4. The van der Waals surface area contributed by atoms with E-state index in [1.165, 1.54) is 16.7 Å². The van der Waals surface area contributed by atoms with Crippen LogP contribution >= 0.6 is 0 Å². The summed E-state index contributed by atoms with van der Waals surface area (Å²) in [6, 6.07) is 21.1. The predicted octanol–water partition coefficient (Wildman–Crippen LogP) is 3.03. The average molecular weight is 381 g/mol. The molecule has 1 nitrogen and oxygen atoms in total. The Morgan fingerprint density at radius 1 is 0.704 bits per heavy atom. The van der Waals surface area contributed by atoms with Crippen molar-refractivity contribution in [1.29, 1.82) is 0 Å². The SMILES string of the molecule is CCc1cc(-c2ccc(/C=C/c3ccc(C)cc3)cc2)cc(CC)c1[O-].[K+]. The zero-order valence-electron chi connectivity index (χ0n) is 16.8. The second-order valence-corrected chi connectivity index (χ2v) is 6.70. The average Bonchev–Trinajstić information content (AvgIpc) is 2.68. The van der Waals surface area contributed by atoms with Crippen LogP contribution in [0.2, 0.25) is 0 Å². The predicted molar refractivity (Wildman–Crippen MR) is 110 cm³/mol. The first kappa shape index (κ1) is 22.1. The van der Waals surface area contributed by atoms with Crippen LogP contribution in [0, 0.1) is 6.92 Å². The van der Waals surface area contributed by atoms with Crippen LogP contribution in [-0.4, -0.2) is 0 Å². The fraction of sp³-hybridized carbons (Fsp3) is 0.200. The van der Waals surface area contributed by atoms with Crippen molar-refractivity contribution in [2.24, 2.45) is 0 Å². The van der Waals surface area contributed by atoms with Crippen molar-refractivity contribution in [3.8, 4) is 16.9 Å². The maximum Gasteiger partial charge on any atom is 1.00 e. The van der Waals surface area contributed by atoms with Gasteiger partial charge in [0.25, 0.3) is 0 Å². The molecule has 0 amide bonds. The van der Waals surface area contributed by atoms with Crippen molar-refractivity contribution in [3.63, 3.8) is 0 Å². The van der Waals surface area contributed by atoms with Crippen LogP contribution in [0.1, 0.15) is 41.7 Å². The van der Waals surface area contributed by atoms with Gasteiger partial charge in [0.05, 0.1) is 0 Å². The van der Waals surface area contributed by atoms with Crippen molar-refractivity contribution < 1.29 is 56.5 Å². The van der Waals surface area contributed by atoms with Gasteiger partial charge in [0.15, 0.2) is 0 Å². The molecule has 3 rings (SSSR count). The minimum Gasteiger partial charge on any atom is -0.872 e. The summed E-state index contributed by atoms with van der Waals surface area (Å²) in [6.07, 6.45) is 5.81. The largest absolute Gasteiger partial charge is 1.00 e. The van der Waals surface area contributed by atoms with Gasteiger partial charge in [-0.05, 0) is 42.0 Å². The quantitative estimate of drug-likeness (QED) is 0.493. The van der Waals surface area contributed by atoms with Crippen molar-refractivity contribution in [2.75, 3.05) is 0 Å². The van der Waals surface area contributed by atoms with Gasteiger partial charge in [-0.25, -0.2) is 0 Å². The summed E-state index contributed by atoms with van der Waals surface area (Å²) in [5, 5.41) is 12.3. The molecular formula is C25H25KO. The molecule has 0 aliphatic heterocycles. The smallest absolute Gasteiger partial charge is 0.872 e. The Morgan fingerprint density at radius 3 is 1.59 bits per heavy atom. The molecule has 0 saturated carbocycles. The van der Waals surface area contributed by atoms with Gasteiger partial charge in [0.1, 0.15) is 0 Å². The Labute approximate surface area is 205 Å². The minimum atomic E-state index is 0. The van der Waals surface area contributed by atoms with E-state index >= 15 is 0 Å². The molecule has 0 aromatic heterocycles. The fourth-order valence-electron chi connectivity index (χ4n) is 3.10. The summed E-state index contributed by atoms with van der Waals surface area (Å²) < 4.78 is 0. The molecule has 0 unspecified atom stereocenters.